The van der Waals surface area contributed by atoms with Crippen LogP contribution in [0, 0.1) is 13.8 Å². The number of hydrogen-bond acceptors (Lipinski definition) is 3. The molecule has 18 heavy (non-hydrogen) atoms. The Bertz CT molecular complexity index is 405. The topological polar surface area (TPSA) is 70.6 Å². The van der Waals surface area contributed by atoms with Gasteiger partial charge in [0, 0.05) is 6.54 Å². The molecule has 2 amide bonds. The van der Waals surface area contributed by atoms with Crippen LogP contribution in [0.25, 0.3) is 0 Å². The molecule has 0 saturated carbocycles. The zero-order chi connectivity index (χ0) is 13.5. The van der Waals surface area contributed by atoms with Gasteiger partial charge in [-0.2, -0.15) is 0 Å². The minimum absolute atomic E-state index is 0.0914. The third kappa shape index (κ3) is 5.05. The maximum absolute atomic E-state index is 11.2. The Morgan fingerprint density at radius 3 is 2.67 bits per heavy atom. The second kappa shape index (κ2) is 6.86. The largest absolute Gasteiger partial charge is 0.473 e. The molecule has 3 N–H and O–H groups in total. The van der Waals surface area contributed by atoms with E-state index in [1.54, 1.807) is 6.92 Å². The normalized spacial score (nSPS) is 11.8. The van der Waals surface area contributed by atoms with Crippen molar-refractivity contribution in [3.63, 3.8) is 0 Å². The molecule has 0 radical (unpaired) electrons. The third-order valence-corrected chi connectivity index (χ3v) is 2.51. The van der Waals surface area contributed by atoms with Crippen LogP contribution in [0.5, 0.6) is 5.75 Å². The summed E-state index contributed by atoms with van der Waals surface area (Å²) < 4.78 is 5.38. The molecule has 5 nitrogen and oxygen atoms in total. The Morgan fingerprint density at radius 2 is 2.06 bits per heavy atom. The number of benzene rings is 1. The SMILES string of the molecule is Cc1ccc(OCNC(=O)NCC(C)O)cc1C. The molecule has 0 bridgehead atoms. The Balaban J connectivity index is 2.28. The highest BCUT2D eigenvalue weighted by Crippen LogP contribution is 2.15. The third-order valence-electron chi connectivity index (χ3n) is 2.51. The van der Waals surface area contributed by atoms with E-state index >= 15 is 0 Å². The molecule has 0 aliphatic carbocycles. The lowest BCUT2D eigenvalue weighted by Gasteiger charge is -2.11. The van der Waals surface area contributed by atoms with Crippen LogP contribution in [-0.4, -0.2) is 30.5 Å². The highest BCUT2D eigenvalue weighted by molar-refractivity contribution is 5.73. The van der Waals surface area contributed by atoms with Crippen LogP contribution in [0.2, 0.25) is 0 Å². The number of amides is 2. The Labute approximate surface area is 107 Å². The standard InChI is InChI=1S/C13H20N2O3/c1-9-4-5-12(6-10(9)2)18-8-15-13(17)14-7-11(3)16/h4-6,11,16H,7-8H2,1-3H3,(H2,14,15,17). The number of carbonyl (C=O) groups is 1. The van der Waals surface area contributed by atoms with Crippen molar-refractivity contribution in [2.75, 3.05) is 13.3 Å². The van der Waals surface area contributed by atoms with Gasteiger partial charge in [0.15, 0.2) is 6.73 Å². The number of carbonyl (C=O) groups excluding carboxylic acids is 1. The molecule has 0 aliphatic rings. The van der Waals surface area contributed by atoms with Gasteiger partial charge in [0.1, 0.15) is 5.75 Å². The summed E-state index contributed by atoms with van der Waals surface area (Å²) in [6, 6.07) is 5.39. The maximum Gasteiger partial charge on any atom is 0.317 e. The second-order valence-electron chi connectivity index (χ2n) is 4.27. The van der Waals surface area contributed by atoms with Crippen molar-refractivity contribution in [1.82, 2.24) is 10.6 Å². The molecule has 0 heterocycles. The van der Waals surface area contributed by atoms with Gasteiger partial charge < -0.3 is 20.5 Å². The number of ether oxygens (including phenoxy) is 1. The van der Waals surface area contributed by atoms with Gasteiger partial charge >= 0.3 is 6.03 Å². The van der Waals surface area contributed by atoms with E-state index < -0.39 is 6.10 Å². The quantitative estimate of drug-likeness (QED) is 0.692. The van der Waals surface area contributed by atoms with Crippen LogP contribution in [0.4, 0.5) is 4.79 Å². The number of rotatable bonds is 5. The molecule has 1 aromatic rings. The van der Waals surface area contributed by atoms with E-state index in [2.05, 4.69) is 10.6 Å². The van der Waals surface area contributed by atoms with Crippen LogP contribution >= 0.6 is 0 Å². The number of aryl methyl sites for hydroxylation is 2. The zero-order valence-corrected chi connectivity index (χ0v) is 11.0. The Hall–Kier alpha value is -1.75. The predicted molar refractivity (Wildman–Crippen MR) is 69.6 cm³/mol. The Kier molecular flexibility index (Phi) is 5.45. The van der Waals surface area contributed by atoms with Gasteiger partial charge in [-0.15, -0.1) is 0 Å². The van der Waals surface area contributed by atoms with Crippen molar-refractivity contribution in [3.05, 3.63) is 29.3 Å². The molecule has 0 spiro atoms. The zero-order valence-electron chi connectivity index (χ0n) is 11.0. The van der Waals surface area contributed by atoms with Crippen LogP contribution in [0.1, 0.15) is 18.1 Å². The van der Waals surface area contributed by atoms with Crippen molar-refractivity contribution >= 4 is 6.03 Å². The summed E-state index contributed by atoms with van der Waals surface area (Å²) in [5.74, 6) is 0.717. The molecule has 1 rings (SSSR count). The minimum Gasteiger partial charge on any atom is -0.473 e. The van der Waals surface area contributed by atoms with Crippen LogP contribution in [0.3, 0.4) is 0 Å². The van der Waals surface area contributed by atoms with E-state index in [1.165, 1.54) is 5.56 Å². The van der Waals surface area contributed by atoms with Crippen molar-refractivity contribution in [3.8, 4) is 5.75 Å². The number of aliphatic hydroxyl groups excluding tert-OH is 1. The highest BCUT2D eigenvalue weighted by Gasteiger charge is 2.02. The predicted octanol–water partition coefficient (Wildman–Crippen LogP) is 1.32. The fourth-order valence-corrected chi connectivity index (χ4v) is 1.29. The summed E-state index contributed by atoms with van der Waals surface area (Å²) in [6.07, 6.45) is -0.559. The average Bonchev–Trinajstić information content (AvgIpc) is 2.31. The van der Waals surface area contributed by atoms with Crippen molar-refractivity contribution in [1.29, 1.82) is 0 Å². The van der Waals surface area contributed by atoms with Gasteiger partial charge in [-0.3, -0.25) is 0 Å². The summed E-state index contributed by atoms with van der Waals surface area (Å²) >= 11 is 0. The highest BCUT2D eigenvalue weighted by atomic mass is 16.5. The molecule has 5 heteroatoms. The van der Waals surface area contributed by atoms with Crippen molar-refractivity contribution in [2.45, 2.75) is 26.9 Å². The van der Waals surface area contributed by atoms with E-state index in [0.29, 0.717) is 5.75 Å². The first-order valence-corrected chi connectivity index (χ1v) is 5.89. The minimum atomic E-state index is -0.559. The van der Waals surface area contributed by atoms with Gasteiger partial charge in [-0.05, 0) is 44.0 Å². The lowest BCUT2D eigenvalue weighted by Crippen LogP contribution is -2.40. The summed E-state index contributed by atoms with van der Waals surface area (Å²) in [6.45, 7) is 5.95. The van der Waals surface area contributed by atoms with Crippen molar-refractivity contribution < 1.29 is 14.6 Å². The number of urea groups is 1. The molecule has 1 atom stereocenters. The molecule has 0 fully saturated rings. The number of hydrogen-bond donors (Lipinski definition) is 3. The van der Waals surface area contributed by atoms with Crippen LogP contribution in [0.15, 0.2) is 18.2 Å². The Morgan fingerprint density at radius 1 is 1.33 bits per heavy atom. The molecule has 100 valence electrons. The van der Waals surface area contributed by atoms with E-state index in [4.69, 9.17) is 9.84 Å². The van der Waals surface area contributed by atoms with Gasteiger partial charge in [0.25, 0.3) is 0 Å². The molecule has 0 aliphatic heterocycles. The van der Waals surface area contributed by atoms with Gasteiger partial charge in [0.05, 0.1) is 6.10 Å². The number of aliphatic hydroxyl groups is 1. The van der Waals surface area contributed by atoms with Gasteiger partial charge in [-0.1, -0.05) is 6.07 Å². The van der Waals surface area contributed by atoms with Crippen LogP contribution in [-0.2, 0) is 0 Å². The maximum atomic E-state index is 11.2. The monoisotopic (exact) mass is 252 g/mol. The smallest absolute Gasteiger partial charge is 0.317 e. The van der Waals surface area contributed by atoms with Gasteiger partial charge in [0.2, 0.25) is 0 Å². The van der Waals surface area contributed by atoms with E-state index in [0.717, 1.165) is 5.56 Å². The van der Waals surface area contributed by atoms with E-state index in [-0.39, 0.29) is 19.3 Å². The summed E-state index contributed by atoms with van der Waals surface area (Å²) in [4.78, 5) is 11.2. The molecular formula is C13H20N2O3. The summed E-state index contributed by atoms with van der Waals surface area (Å²) in [5.41, 5.74) is 2.34. The van der Waals surface area contributed by atoms with E-state index in [9.17, 15) is 4.79 Å². The van der Waals surface area contributed by atoms with Crippen LogP contribution < -0.4 is 15.4 Å². The number of nitrogens with one attached hydrogen (secondary N) is 2. The van der Waals surface area contributed by atoms with Gasteiger partial charge in [-0.25, -0.2) is 4.79 Å². The first-order valence-electron chi connectivity index (χ1n) is 5.89. The van der Waals surface area contributed by atoms with E-state index in [1.807, 2.05) is 32.0 Å². The second-order valence-corrected chi connectivity index (χ2v) is 4.27. The first kappa shape index (κ1) is 14.3. The molecular weight excluding hydrogens is 232 g/mol. The average molecular weight is 252 g/mol. The molecule has 0 saturated heterocycles. The lowest BCUT2D eigenvalue weighted by molar-refractivity contribution is 0.184. The molecule has 0 aromatic heterocycles. The molecule has 1 unspecified atom stereocenters. The summed E-state index contributed by atoms with van der Waals surface area (Å²) in [5, 5.41) is 14.0. The fraction of sp³-hybridized carbons (Fsp3) is 0.462. The fourth-order valence-electron chi connectivity index (χ4n) is 1.29. The summed E-state index contributed by atoms with van der Waals surface area (Å²) in [7, 11) is 0. The lowest BCUT2D eigenvalue weighted by atomic mass is 10.1. The van der Waals surface area contributed by atoms with Crippen molar-refractivity contribution in [2.24, 2.45) is 0 Å². The molecule has 1 aromatic carbocycles. The first-order chi connectivity index (χ1) is 8.49.